The molecule has 0 aliphatic rings. The quantitative estimate of drug-likeness (QED) is 0.422. The zero-order valence-corrected chi connectivity index (χ0v) is 16.9. The van der Waals surface area contributed by atoms with Crippen molar-refractivity contribution < 1.29 is 5.11 Å². The second-order valence-corrected chi connectivity index (χ2v) is 7.24. The monoisotopic (exact) mass is 404 g/mol. The first-order valence-electron chi connectivity index (χ1n) is 9.21. The van der Waals surface area contributed by atoms with Crippen LogP contribution in [0, 0.1) is 0 Å². The van der Waals surface area contributed by atoms with E-state index >= 15 is 0 Å². The third-order valence-corrected chi connectivity index (χ3v) is 4.72. The van der Waals surface area contributed by atoms with Gasteiger partial charge in [-0.1, -0.05) is 29.8 Å². The predicted octanol–water partition coefficient (Wildman–Crippen LogP) is 2.83. The Morgan fingerprint density at radius 1 is 1.29 bits per heavy atom. The summed E-state index contributed by atoms with van der Waals surface area (Å²) in [5.41, 5.74) is 8.57. The van der Waals surface area contributed by atoms with E-state index in [2.05, 4.69) is 30.9 Å². The maximum absolute atomic E-state index is 9.49. The van der Waals surface area contributed by atoms with Crippen molar-refractivity contribution in [3.05, 3.63) is 28.8 Å². The summed E-state index contributed by atoms with van der Waals surface area (Å²) < 4.78 is 1.74. The number of nitrogens with two attached hydrogens (primary N) is 1. The lowest BCUT2D eigenvalue weighted by molar-refractivity contribution is 0.271. The van der Waals surface area contributed by atoms with Crippen LogP contribution in [0.2, 0.25) is 5.02 Å². The number of fused-ring (bicyclic) bond motifs is 1. The molecule has 5 N–H and O–H groups in total. The molecule has 0 aliphatic carbocycles. The second-order valence-electron chi connectivity index (χ2n) is 6.84. The molecule has 2 aromatic heterocycles. The number of aliphatic hydroxyl groups is 1. The zero-order chi connectivity index (χ0) is 20.3. The Morgan fingerprint density at radius 3 is 2.71 bits per heavy atom. The van der Waals surface area contributed by atoms with Gasteiger partial charge in [0.15, 0.2) is 17.0 Å². The van der Waals surface area contributed by atoms with Gasteiger partial charge in [0, 0.05) is 6.54 Å². The highest BCUT2D eigenvalue weighted by molar-refractivity contribution is 6.33. The van der Waals surface area contributed by atoms with Crippen LogP contribution < -0.4 is 16.4 Å². The molecule has 9 nitrogen and oxygen atoms in total. The van der Waals surface area contributed by atoms with Crippen LogP contribution in [0.5, 0.6) is 0 Å². The number of rotatable bonds is 8. The first kappa shape index (κ1) is 20.1. The van der Waals surface area contributed by atoms with Gasteiger partial charge >= 0.3 is 0 Å². The summed E-state index contributed by atoms with van der Waals surface area (Å²) in [4.78, 5) is 9.11. The van der Waals surface area contributed by atoms with E-state index in [0.29, 0.717) is 40.2 Å². The number of nitrogens with zero attached hydrogens (tertiary/aromatic N) is 5. The zero-order valence-electron chi connectivity index (χ0n) is 16.1. The fourth-order valence-electron chi connectivity index (χ4n) is 2.71. The molecular weight excluding hydrogens is 380 g/mol. The highest BCUT2D eigenvalue weighted by Crippen LogP contribution is 2.24. The smallest absolute Gasteiger partial charge is 0.227 e. The first-order chi connectivity index (χ1) is 13.4. The Bertz CT molecular complexity index is 954. The van der Waals surface area contributed by atoms with Crippen molar-refractivity contribution in [2.45, 2.75) is 45.8 Å². The van der Waals surface area contributed by atoms with Crippen LogP contribution in [0.3, 0.4) is 0 Å². The van der Waals surface area contributed by atoms with Gasteiger partial charge in [0.2, 0.25) is 5.95 Å². The van der Waals surface area contributed by atoms with E-state index in [4.69, 9.17) is 17.3 Å². The normalized spacial score (nSPS) is 12.5. The van der Waals surface area contributed by atoms with Crippen molar-refractivity contribution in [1.29, 1.82) is 0 Å². The van der Waals surface area contributed by atoms with E-state index in [0.717, 1.165) is 12.0 Å². The summed E-state index contributed by atoms with van der Waals surface area (Å²) in [7, 11) is 0. The molecule has 0 bridgehead atoms. The number of benzene rings is 1. The minimum atomic E-state index is -0.134. The van der Waals surface area contributed by atoms with E-state index in [9.17, 15) is 5.11 Å². The summed E-state index contributed by atoms with van der Waals surface area (Å²) in [6.07, 6.45) is 0.742. The summed E-state index contributed by atoms with van der Waals surface area (Å²) in [5, 5.41) is 24.9. The molecule has 3 rings (SSSR count). The molecular formula is C18H25ClN8O. The minimum Gasteiger partial charge on any atom is -0.398 e. The van der Waals surface area contributed by atoms with Gasteiger partial charge in [-0.25, -0.2) is 4.68 Å². The average molecular weight is 405 g/mol. The molecule has 0 saturated heterocycles. The van der Waals surface area contributed by atoms with Crippen LogP contribution >= 0.6 is 11.6 Å². The molecule has 0 fully saturated rings. The van der Waals surface area contributed by atoms with Gasteiger partial charge < -0.3 is 21.5 Å². The molecule has 0 aliphatic heterocycles. The van der Waals surface area contributed by atoms with Crippen molar-refractivity contribution in [3.63, 3.8) is 0 Å². The number of nitrogen functional groups attached to an aromatic ring is 1. The maximum atomic E-state index is 9.49. The van der Waals surface area contributed by atoms with Crippen LogP contribution in [0.4, 0.5) is 17.5 Å². The number of aromatic nitrogens is 5. The Kier molecular flexibility index (Phi) is 6.15. The Morgan fingerprint density at radius 2 is 2.07 bits per heavy atom. The second kappa shape index (κ2) is 8.57. The average Bonchev–Trinajstić information content (AvgIpc) is 3.11. The largest absolute Gasteiger partial charge is 0.398 e. The number of hydrogen-bond acceptors (Lipinski definition) is 8. The van der Waals surface area contributed by atoms with Crippen molar-refractivity contribution in [2.24, 2.45) is 0 Å². The topological polar surface area (TPSA) is 127 Å². The summed E-state index contributed by atoms with van der Waals surface area (Å²) in [6.45, 7) is 6.48. The predicted molar refractivity (Wildman–Crippen MR) is 111 cm³/mol. The summed E-state index contributed by atoms with van der Waals surface area (Å²) in [5.74, 6) is 0.969. The molecule has 1 atom stereocenters. The standard InChI is InChI=1S/C18H25ClN8O/c1-4-12(9-28)22-18-23-16(15-17(24-18)27(10(2)3)26-25-15)21-8-11-5-6-13(19)14(20)7-11/h5-7,10,12,28H,4,8-9,20H2,1-3H3,(H2,21,22,23,24). The number of aliphatic hydroxyl groups excluding tert-OH is 1. The molecule has 0 radical (unpaired) electrons. The van der Waals surface area contributed by atoms with E-state index < -0.39 is 0 Å². The SMILES string of the molecule is CCC(CO)Nc1nc(NCc2ccc(Cl)c(N)c2)c2nnn(C(C)C)c2n1. The van der Waals surface area contributed by atoms with Crippen molar-refractivity contribution in [1.82, 2.24) is 25.0 Å². The van der Waals surface area contributed by atoms with E-state index in [-0.39, 0.29) is 18.7 Å². The van der Waals surface area contributed by atoms with Gasteiger partial charge in [0.25, 0.3) is 0 Å². The summed E-state index contributed by atoms with van der Waals surface area (Å²) >= 11 is 5.99. The van der Waals surface area contributed by atoms with Crippen LogP contribution in [0.1, 0.15) is 38.8 Å². The number of hydrogen-bond donors (Lipinski definition) is 4. The lowest BCUT2D eigenvalue weighted by Crippen LogP contribution is -2.24. The molecule has 3 aromatic rings. The molecule has 0 spiro atoms. The van der Waals surface area contributed by atoms with Crippen molar-refractivity contribution in [2.75, 3.05) is 23.0 Å². The molecule has 0 amide bonds. The molecule has 2 heterocycles. The van der Waals surface area contributed by atoms with Gasteiger partial charge in [-0.2, -0.15) is 9.97 Å². The maximum Gasteiger partial charge on any atom is 0.227 e. The molecule has 1 aromatic carbocycles. The lowest BCUT2D eigenvalue weighted by Gasteiger charge is -2.15. The Hall–Kier alpha value is -2.65. The van der Waals surface area contributed by atoms with Gasteiger partial charge in [0.1, 0.15) is 0 Å². The molecule has 150 valence electrons. The van der Waals surface area contributed by atoms with Crippen LogP contribution in [-0.4, -0.2) is 42.7 Å². The number of anilines is 3. The number of halogens is 1. The molecule has 0 saturated carbocycles. The molecule has 10 heteroatoms. The fourth-order valence-corrected chi connectivity index (χ4v) is 2.83. The van der Waals surface area contributed by atoms with Gasteiger partial charge in [-0.3, -0.25) is 0 Å². The van der Waals surface area contributed by atoms with E-state index in [1.54, 1.807) is 10.7 Å². The lowest BCUT2D eigenvalue weighted by atomic mass is 10.2. The van der Waals surface area contributed by atoms with Gasteiger partial charge in [-0.05, 0) is 38.0 Å². The first-order valence-corrected chi connectivity index (χ1v) is 9.58. The molecule has 28 heavy (non-hydrogen) atoms. The van der Waals surface area contributed by atoms with E-state index in [1.165, 1.54) is 0 Å². The van der Waals surface area contributed by atoms with Gasteiger partial charge in [-0.15, -0.1) is 5.10 Å². The fraction of sp³-hybridized carbons (Fsp3) is 0.444. The van der Waals surface area contributed by atoms with E-state index in [1.807, 2.05) is 32.9 Å². The van der Waals surface area contributed by atoms with Crippen molar-refractivity contribution in [3.8, 4) is 0 Å². The Labute approximate surface area is 168 Å². The highest BCUT2D eigenvalue weighted by Gasteiger charge is 2.17. The highest BCUT2D eigenvalue weighted by atomic mass is 35.5. The van der Waals surface area contributed by atoms with Crippen LogP contribution in [0.25, 0.3) is 11.2 Å². The number of nitrogens with one attached hydrogen (secondary N) is 2. The third kappa shape index (κ3) is 4.26. The summed E-state index contributed by atoms with van der Waals surface area (Å²) in [6, 6.07) is 5.43. The third-order valence-electron chi connectivity index (χ3n) is 4.38. The van der Waals surface area contributed by atoms with Crippen LogP contribution in [-0.2, 0) is 6.54 Å². The minimum absolute atomic E-state index is 0.00754. The van der Waals surface area contributed by atoms with Crippen LogP contribution in [0.15, 0.2) is 18.2 Å². The van der Waals surface area contributed by atoms with Crippen molar-refractivity contribution >= 4 is 40.2 Å². The Balaban J connectivity index is 1.95. The van der Waals surface area contributed by atoms with Gasteiger partial charge in [0.05, 0.1) is 29.4 Å². The molecule has 1 unspecified atom stereocenters.